The summed E-state index contributed by atoms with van der Waals surface area (Å²) in [6.07, 6.45) is -4.56. The van der Waals surface area contributed by atoms with Crippen LogP contribution in [0.2, 0.25) is 0 Å². The van der Waals surface area contributed by atoms with Crippen molar-refractivity contribution in [3.63, 3.8) is 0 Å². The third kappa shape index (κ3) is 3.59. The van der Waals surface area contributed by atoms with Crippen LogP contribution in [0, 0.1) is 0 Å². The second kappa shape index (κ2) is 6.87. The van der Waals surface area contributed by atoms with Crippen molar-refractivity contribution < 1.29 is 27.4 Å². The molecule has 0 amide bonds. The number of ether oxygens (including phenoxy) is 3. The van der Waals surface area contributed by atoms with Crippen molar-refractivity contribution in [1.82, 2.24) is 0 Å². The van der Waals surface area contributed by atoms with E-state index >= 15 is 0 Å². The summed E-state index contributed by atoms with van der Waals surface area (Å²) in [6, 6.07) is 1.39. The zero-order valence-electron chi connectivity index (χ0n) is 12.1. The maximum Gasteiger partial charge on any atom is 0.423 e. The molecule has 0 spiro atoms. The highest BCUT2D eigenvalue weighted by Gasteiger charge is 2.40. The molecular formula is C13H19F3O3Si. The summed E-state index contributed by atoms with van der Waals surface area (Å²) in [5.41, 5.74) is -0.899. The van der Waals surface area contributed by atoms with Gasteiger partial charge in [-0.1, -0.05) is 0 Å². The molecule has 0 bridgehead atoms. The monoisotopic (exact) mass is 308 g/mol. The molecule has 0 aliphatic carbocycles. The minimum atomic E-state index is -4.56. The van der Waals surface area contributed by atoms with Gasteiger partial charge in [0.15, 0.2) is 11.5 Å². The maximum atomic E-state index is 13.3. The molecule has 0 aromatic heterocycles. The number of benzene rings is 1. The van der Waals surface area contributed by atoms with Crippen LogP contribution in [0.5, 0.6) is 17.2 Å². The summed E-state index contributed by atoms with van der Waals surface area (Å²) in [5, 5.41) is 0.687. The van der Waals surface area contributed by atoms with Crippen LogP contribution in [0.3, 0.4) is 0 Å². The van der Waals surface area contributed by atoms with Gasteiger partial charge in [-0.25, -0.2) is 0 Å². The van der Waals surface area contributed by atoms with E-state index in [4.69, 9.17) is 14.2 Å². The minimum absolute atomic E-state index is 0.125. The molecular weight excluding hydrogens is 289 g/mol. The molecule has 0 aliphatic heterocycles. The van der Waals surface area contributed by atoms with E-state index in [1.54, 1.807) is 20.8 Å². The molecule has 1 aromatic rings. The topological polar surface area (TPSA) is 27.7 Å². The second-order valence-corrected chi connectivity index (χ2v) is 5.10. The first-order valence-electron chi connectivity index (χ1n) is 6.49. The highest BCUT2D eigenvalue weighted by atomic mass is 28.1. The summed E-state index contributed by atoms with van der Waals surface area (Å²) in [5.74, 6) is -0.286. The van der Waals surface area contributed by atoms with E-state index in [9.17, 15) is 13.2 Å². The van der Waals surface area contributed by atoms with Crippen LogP contribution in [0.25, 0.3) is 0 Å². The van der Waals surface area contributed by atoms with Crippen LogP contribution in [0.15, 0.2) is 6.07 Å². The van der Waals surface area contributed by atoms with Crippen molar-refractivity contribution >= 4 is 15.4 Å². The summed E-state index contributed by atoms with van der Waals surface area (Å²) in [4.78, 5) is 0. The Bertz CT molecular complexity index is 461. The third-order valence-electron chi connectivity index (χ3n) is 2.55. The van der Waals surface area contributed by atoms with Gasteiger partial charge in [0.05, 0.1) is 19.8 Å². The van der Waals surface area contributed by atoms with E-state index in [0.29, 0.717) is 15.4 Å². The van der Waals surface area contributed by atoms with Crippen molar-refractivity contribution in [2.75, 3.05) is 19.8 Å². The van der Waals surface area contributed by atoms with Crippen molar-refractivity contribution in [2.45, 2.75) is 26.9 Å². The Labute approximate surface area is 119 Å². The first-order valence-corrected chi connectivity index (χ1v) is 7.49. The molecule has 0 saturated heterocycles. The van der Waals surface area contributed by atoms with Crippen LogP contribution >= 0.6 is 0 Å². The molecule has 0 fully saturated rings. The highest BCUT2D eigenvalue weighted by molar-refractivity contribution is 6.34. The van der Waals surface area contributed by atoms with Crippen LogP contribution < -0.4 is 19.4 Å². The zero-order valence-corrected chi connectivity index (χ0v) is 14.1. The van der Waals surface area contributed by atoms with Gasteiger partial charge < -0.3 is 14.2 Å². The first kappa shape index (κ1) is 16.7. The molecule has 0 aliphatic rings. The van der Waals surface area contributed by atoms with Gasteiger partial charge in [0.1, 0.15) is 11.3 Å². The van der Waals surface area contributed by atoms with E-state index in [0.717, 1.165) is 0 Å². The number of hydrogen-bond acceptors (Lipinski definition) is 3. The normalized spacial score (nSPS) is 11.5. The molecule has 1 rings (SSSR count). The Balaban J connectivity index is 3.57. The number of alkyl halides is 3. The van der Waals surface area contributed by atoms with Crippen molar-refractivity contribution in [3.05, 3.63) is 11.6 Å². The lowest BCUT2D eigenvalue weighted by Crippen LogP contribution is -2.19. The quantitative estimate of drug-likeness (QED) is 0.751. The summed E-state index contributed by atoms with van der Waals surface area (Å²) < 4.78 is 55.6. The van der Waals surface area contributed by atoms with E-state index in [-0.39, 0.29) is 37.1 Å². The predicted octanol–water partition coefficient (Wildman–Crippen LogP) is 1.89. The van der Waals surface area contributed by atoms with Gasteiger partial charge in [0, 0.05) is 10.2 Å². The summed E-state index contributed by atoms with van der Waals surface area (Å²) in [7, 11) is 0.534. The van der Waals surface area contributed by atoms with Crippen molar-refractivity contribution in [2.24, 2.45) is 0 Å². The molecule has 0 saturated carbocycles. The van der Waals surface area contributed by atoms with Gasteiger partial charge in [-0.3, -0.25) is 0 Å². The van der Waals surface area contributed by atoms with E-state index in [2.05, 4.69) is 0 Å². The van der Waals surface area contributed by atoms with Crippen LogP contribution in [-0.2, 0) is 6.18 Å². The number of halogens is 3. The fourth-order valence-corrected chi connectivity index (χ4v) is 2.52. The fraction of sp³-hybridized carbons (Fsp3) is 0.538. The largest absolute Gasteiger partial charge is 0.493 e. The smallest absolute Gasteiger partial charge is 0.423 e. The van der Waals surface area contributed by atoms with E-state index < -0.39 is 11.7 Å². The summed E-state index contributed by atoms with van der Waals surface area (Å²) in [6.45, 7) is 5.56. The summed E-state index contributed by atoms with van der Waals surface area (Å²) >= 11 is 0. The standard InChI is InChI=1S/C13H19F3O3Si/c1-4-17-8-7-9(20)11(18-5-2)12(19-6-3)10(8)13(14,15)16/h7H,4-6H2,1-3,20H3. The van der Waals surface area contributed by atoms with Gasteiger partial charge in [0.25, 0.3) is 0 Å². The molecule has 0 atom stereocenters. The predicted molar refractivity (Wildman–Crippen MR) is 74.5 cm³/mol. The minimum Gasteiger partial charge on any atom is -0.493 e. The lowest BCUT2D eigenvalue weighted by molar-refractivity contribution is -0.140. The second-order valence-electron chi connectivity index (χ2n) is 4.02. The Morgan fingerprint density at radius 2 is 1.45 bits per heavy atom. The van der Waals surface area contributed by atoms with Gasteiger partial charge in [-0.05, 0) is 32.0 Å². The van der Waals surface area contributed by atoms with E-state index in [1.165, 1.54) is 6.07 Å². The van der Waals surface area contributed by atoms with E-state index in [1.807, 2.05) is 0 Å². The maximum absolute atomic E-state index is 13.3. The van der Waals surface area contributed by atoms with Crippen molar-refractivity contribution in [3.8, 4) is 17.2 Å². The fourth-order valence-electron chi connectivity index (χ4n) is 1.88. The Morgan fingerprint density at radius 3 is 1.90 bits per heavy atom. The lowest BCUT2D eigenvalue weighted by Gasteiger charge is -2.22. The van der Waals surface area contributed by atoms with Gasteiger partial charge in [0.2, 0.25) is 0 Å². The molecule has 7 heteroatoms. The third-order valence-corrected chi connectivity index (χ3v) is 3.29. The first-order chi connectivity index (χ1) is 9.36. The molecule has 0 N–H and O–H groups in total. The Hall–Kier alpha value is -1.37. The average molecular weight is 308 g/mol. The molecule has 114 valence electrons. The molecule has 0 unspecified atom stereocenters. The molecule has 0 heterocycles. The van der Waals surface area contributed by atoms with Crippen LogP contribution in [-0.4, -0.2) is 30.1 Å². The zero-order chi connectivity index (χ0) is 15.3. The highest BCUT2D eigenvalue weighted by Crippen LogP contribution is 2.46. The Kier molecular flexibility index (Phi) is 5.73. The van der Waals surface area contributed by atoms with Crippen LogP contribution in [0.1, 0.15) is 26.3 Å². The van der Waals surface area contributed by atoms with Gasteiger partial charge >= 0.3 is 6.18 Å². The SMILES string of the molecule is CCOc1cc([SiH3])c(OCC)c(OCC)c1C(F)(F)F. The lowest BCUT2D eigenvalue weighted by atomic mass is 10.1. The number of hydrogen-bond donors (Lipinski definition) is 0. The van der Waals surface area contributed by atoms with Crippen LogP contribution in [0.4, 0.5) is 13.2 Å². The number of rotatable bonds is 6. The van der Waals surface area contributed by atoms with Crippen molar-refractivity contribution in [1.29, 1.82) is 0 Å². The average Bonchev–Trinajstić information content (AvgIpc) is 2.33. The Morgan fingerprint density at radius 1 is 0.950 bits per heavy atom. The molecule has 0 radical (unpaired) electrons. The molecule has 20 heavy (non-hydrogen) atoms. The molecule has 3 nitrogen and oxygen atoms in total. The van der Waals surface area contributed by atoms with Gasteiger partial charge in [-0.2, -0.15) is 13.2 Å². The molecule has 1 aromatic carbocycles. The van der Waals surface area contributed by atoms with Gasteiger partial charge in [-0.15, -0.1) is 0 Å².